The quantitative estimate of drug-likeness (QED) is 0.612. The second-order valence-corrected chi connectivity index (χ2v) is 6.36. The van der Waals surface area contributed by atoms with Crippen LogP contribution in [0.5, 0.6) is 0 Å². The largest absolute Gasteiger partial charge is 0.326 e. The van der Waals surface area contributed by atoms with Gasteiger partial charge in [0.25, 0.3) is 0 Å². The summed E-state index contributed by atoms with van der Waals surface area (Å²) in [6, 6.07) is 16.4. The van der Waals surface area contributed by atoms with E-state index < -0.39 is 0 Å². The number of amides is 1. The molecule has 0 fully saturated rings. The summed E-state index contributed by atoms with van der Waals surface area (Å²) >= 11 is 1.79. The molecule has 0 radical (unpaired) electrons. The monoisotopic (exact) mass is 299 g/mol. The number of thioether (sulfide) groups is 1. The summed E-state index contributed by atoms with van der Waals surface area (Å²) in [4.78, 5) is 13.2. The maximum Gasteiger partial charge on any atom is 0.224 e. The van der Waals surface area contributed by atoms with Gasteiger partial charge in [-0.2, -0.15) is 0 Å². The third kappa shape index (κ3) is 5.64. The lowest BCUT2D eigenvalue weighted by molar-refractivity contribution is -0.116. The van der Waals surface area contributed by atoms with Crippen molar-refractivity contribution in [2.45, 2.75) is 31.6 Å². The highest BCUT2D eigenvalue weighted by molar-refractivity contribution is 7.99. The predicted molar refractivity (Wildman–Crippen MR) is 90.9 cm³/mol. The topological polar surface area (TPSA) is 29.1 Å². The SMILES string of the molecule is Cc1cc(C)cc(NC(=O)CCCSc2ccccc2)c1. The molecule has 0 aliphatic rings. The Balaban J connectivity index is 1.72. The Labute approximate surface area is 131 Å². The Hall–Kier alpha value is -1.74. The van der Waals surface area contributed by atoms with Gasteiger partial charge in [-0.3, -0.25) is 4.79 Å². The fraction of sp³-hybridized carbons (Fsp3) is 0.278. The van der Waals surface area contributed by atoms with Crippen molar-refractivity contribution in [3.63, 3.8) is 0 Å². The van der Waals surface area contributed by atoms with Crippen LogP contribution in [-0.2, 0) is 4.79 Å². The van der Waals surface area contributed by atoms with Gasteiger partial charge in [-0.25, -0.2) is 0 Å². The van der Waals surface area contributed by atoms with Gasteiger partial charge in [-0.1, -0.05) is 24.3 Å². The number of hydrogen-bond donors (Lipinski definition) is 1. The van der Waals surface area contributed by atoms with Crippen LogP contribution < -0.4 is 5.32 Å². The van der Waals surface area contributed by atoms with E-state index >= 15 is 0 Å². The molecular formula is C18H21NOS. The highest BCUT2D eigenvalue weighted by Crippen LogP contribution is 2.19. The molecule has 0 unspecified atom stereocenters. The molecule has 21 heavy (non-hydrogen) atoms. The van der Waals surface area contributed by atoms with E-state index in [1.165, 1.54) is 16.0 Å². The van der Waals surface area contributed by atoms with Gasteiger partial charge in [0.15, 0.2) is 0 Å². The van der Waals surface area contributed by atoms with Gasteiger partial charge < -0.3 is 5.32 Å². The van der Waals surface area contributed by atoms with Crippen LogP contribution in [0.15, 0.2) is 53.4 Å². The lowest BCUT2D eigenvalue weighted by atomic mass is 10.1. The Morgan fingerprint density at radius 3 is 2.38 bits per heavy atom. The van der Waals surface area contributed by atoms with Gasteiger partial charge >= 0.3 is 0 Å². The molecule has 1 N–H and O–H groups in total. The number of carbonyl (C=O) groups excluding carboxylic acids is 1. The minimum atomic E-state index is 0.0914. The summed E-state index contributed by atoms with van der Waals surface area (Å²) < 4.78 is 0. The lowest BCUT2D eigenvalue weighted by Crippen LogP contribution is -2.11. The normalized spacial score (nSPS) is 10.4. The van der Waals surface area contributed by atoms with Crippen molar-refractivity contribution >= 4 is 23.4 Å². The molecule has 0 aromatic heterocycles. The number of benzene rings is 2. The number of anilines is 1. The molecule has 0 saturated heterocycles. The van der Waals surface area contributed by atoms with Crippen molar-refractivity contribution in [1.29, 1.82) is 0 Å². The van der Waals surface area contributed by atoms with Crippen LogP contribution in [0.2, 0.25) is 0 Å². The van der Waals surface area contributed by atoms with Crippen LogP contribution in [0.4, 0.5) is 5.69 Å². The molecule has 2 aromatic carbocycles. The van der Waals surface area contributed by atoms with Gasteiger partial charge in [-0.15, -0.1) is 11.8 Å². The second kappa shape index (κ2) is 7.89. The van der Waals surface area contributed by atoms with Crippen molar-refractivity contribution in [2.24, 2.45) is 0 Å². The number of carbonyl (C=O) groups is 1. The summed E-state index contributed by atoms with van der Waals surface area (Å²) in [6.45, 7) is 4.08. The van der Waals surface area contributed by atoms with Crippen LogP contribution in [0.25, 0.3) is 0 Å². The molecule has 110 valence electrons. The number of hydrogen-bond acceptors (Lipinski definition) is 2. The molecule has 1 amide bonds. The number of nitrogens with one attached hydrogen (secondary N) is 1. The van der Waals surface area contributed by atoms with E-state index in [1.807, 2.05) is 44.2 Å². The first-order valence-electron chi connectivity index (χ1n) is 7.19. The first kappa shape index (κ1) is 15.6. The zero-order valence-electron chi connectivity index (χ0n) is 12.6. The van der Waals surface area contributed by atoms with Crippen molar-refractivity contribution in [1.82, 2.24) is 0 Å². The molecule has 2 nitrogen and oxygen atoms in total. The molecule has 0 atom stereocenters. The Bertz CT molecular complexity index is 575. The van der Waals surface area contributed by atoms with Gasteiger partial charge in [0.2, 0.25) is 5.91 Å². The molecule has 0 aliphatic heterocycles. The highest BCUT2D eigenvalue weighted by Gasteiger charge is 2.03. The minimum absolute atomic E-state index is 0.0914. The van der Waals surface area contributed by atoms with Crippen molar-refractivity contribution < 1.29 is 4.79 Å². The van der Waals surface area contributed by atoms with Crippen LogP contribution in [-0.4, -0.2) is 11.7 Å². The van der Waals surface area contributed by atoms with Gasteiger partial charge in [0.05, 0.1) is 0 Å². The molecular weight excluding hydrogens is 278 g/mol. The average molecular weight is 299 g/mol. The van der Waals surface area contributed by atoms with E-state index in [1.54, 1.807) is 11.8 Å². The number of aryl methyl sites for hydroxylation is 2. The summed E-state index contributed by atoms with van der Waals surface area (Å²) in [7, 11) is 0. The first-order valence-corrected chi connectivity index (χ1v) is 8.18. The molecule has 2 aromatic rings. The summed E-state index contributed by atoms with van der Waals surface area (Å²) in [5.74, 6) is 1.05. The van der Waals surface area contributed by atoms with E-state index in [0.717, 1.165) is 17.9 Å². The Morgan fingerprint density at radius 2 is 1.71 bits per heavy atom. The lowest BCUT2D eigenvalue weighted by Gasteiger charge is -2.07. The van der Waals surface area contributed by atoms with E-state index in [4.69, 9.17) is 0 Å². The van der Waals surface area contributed by atoms with Gasteiger partial charge in [0.1, 0.15) is 0 Å². The van der Waals surface area contributed by atoms with Gasteiger partial charge in [-0.05, 0) is 61.4 Å². The molecule has 0 aliphatic carbocycles. The zero-order valence-corrected chi connectivity index (χ0v) is 13.4. The molecule has 2 rings (SSSR count). The van der Waals surface area contributed by atoms with E-state index in [0.29, 0.717) is 6.42 Å². The van der Waals surface area contributed by atoms with Crippen LogP contribution in [0.1, 0.15) is 24.0 Å². The summed E-state index contributed by atoms with van der Waals surface area (Å²) in [6.07, 6.45) is 1.45. The summed E-state index contributed by atoms with van der Waals surface area (Å²) in [5.41, 5.74) is 3.24. The van der Waals surface area contributed by atoms with Crippen molar-refractivity contribution in [3.05, 3.63) is 59.7 Å². The third-order valence-electron chi connectivity index (χ3n) is 3.07. The predicted octanol–water partition coefficient (Wildman–Crippen LogP) is 4.81. The summed E-state index contributed by atoms with van der Waals surface area (Å²) in [5, 5.41) is 2.97. The zero-order chi connectivity index (χ0) is 15.1. The van der Waals surface area contributed by atoms with E-state index in [2.05, 4.69) is 23.5 Å². The minimum Gasteiger partial charge on any atom is -0.326 e. The van der Waals surface area contributed by atoms with Crippen LogP contribution in [0.3, 0.4) is 0 Å². The van der Waals surface area contributed by atoms with E-state index in [9.17, 15) is 4.79 Å². The fourth-order valence-electron chi connectivity index (χ4n) is 2.21. The standard InChI is InChI=1S/C18H21NOS/c1-14-11-15(2)13-16(12-14)19-18(20)9-6-10-21-17-7-4-3-5-8-17/h3-5,7-8,11-13H,6,9-10H2,1-2H3,(H,19,20). The smallest absolute Gasteiger partial charge is 0.224 e. The Kier molecular flexibility index (Phi) is 5.88. The molecule has 3 heteroatoms. The molecule has 0 spiro atoms. The molecule has 0 bridgehead atoms. The molecule has 0 saturated carbocycles. The third-order valence-corrected chi connectivity index (χ3v) is 4.16. The maximum absolute atomic E-state index is 11.9. The fourth-order valence-corrected chi connectivity index (χ4v) is 3.08. The van der Waals surface area contributed by atoms with Crippen molar-refractivity contribution in [3.8, 4) is 0 Å². The average Bonchev–Trinajstić information content (AvgIpc) is 2.43. The Morgan fingerprint density at radius 1 is 1.05 bits per heavy atom. The van der Waals surface area contributed by atoms with Crippen LogP contribution in [0, 0.1) is 13.8 Å². The molecule has 0 heterocycles. The maximum atomic E-state index is 11.9. The second-order valence-electron chi connectivity index (χ2n) is 5.19. The van der Waals surface area contributed by atoms with Crippen LogP contribution >= 0.6 is 11.8 Å². The number of rotatable bonds is 6. The van der Waals surface area contributed by atoms with E-state index in [-0.39, 0.29) is 5.91 Å². The van der Waals surface area contributed by atoms with Gasteiger partial charge in [0, 0.05) is 17.0 Å². The highest BCUT2D eigenvalue weighted by atomic mass is 32.2. The van der Waals surface area contributed by atoms with Crippen molar-refractivity contribution in [2.75, 3.05) is 11.1 Å². The first-order chi connectivity index (χ1) is 10.1.